The van der Waals surface area contributed by atoms with E-state index in [0.717, 1.165) is 29.5 Å². The van der Waals surface area contributed by atoms with Crippen LogP contribution in [0.1, 0.15) is 46.7 Å². The fourth-order valence-corrected chi connectivity index (χ4v) is 7.95. The summed E-state index contributed by atoms with van der Waals surface area (Å²) in [6, 6.07) is 48.5. The molecule has 0 fully saturated rings. The molecule has 60 heavy (non-hydrogen) atoms. The Morgan fingerprint density at radius 2 is 1.43 bits per heavy atom. The molecule has 1 heterocycles. The molecule has 0 spiro atoms. The Morgan fingerprint density at radius 3 is 2.22 bits per heavy atom. The molecule has 2 N–H and O–H groups in total. The number of para-hydroxylation sites is 1. The molecule has 1 aliphatic carbocycles. The third-order valence-corrected chi connectivity index (χ3v) is 10.6. The third kappa shape index (κ3) is 9.64. The van der Waals surface area contributed by atoms with Gasteiger partial charge < -0.3 is 10.4 Å². The summed E-state index contributed by atoms with van der Waals surface area (Å²) in [4.78, 5) is 0. The molecule has 1 atom stereocenters. The highest BCUT2D eigenvalue weighted by Gasteiger charge is 2.46. The van der Waals surface area contributed by atoms with Gasteiger partial charge in [0.05, 0.1) is 5.41 Å². The fourth-order valence-electron chi connectivity index (χ4n) is 7.95. The first-order valence-corrected chi connectivity index (χ1v) is 20.4. The molecule has 0 saturated heterocycles. The van der Waals surface area contributed by atoms with E-state index in [1.54, 1.807) is 6.08 Å². The summed E-state index contributed by atoms with van der Waals surface area (Å²) in [6.07, 6.45) is 32.5. The predicted molar refractivity (Wildman–Crippen MR) is 260 cm³/mol. The summed E-state index contributed by atoms with van der Waals surface area (Å²) in [7, 11) is 0. The molecule has 0 radical (unpaired) electrons. The van der Waals surface area contributed by atoms with E-state index in [2.05, 4.69) is 189 Å². The number of phenolic OH excluding ortho intramolecular Hbond substituents is 1. The van der Waals surface area contributed by atoms with Crippen molar-refractivity contribution in [2.45, 2.75) is 25.2 Å². The molecule has 0 bridgehead atoms. The SMILES string of the molecule is C/C=C\C=C/CC1(c2ccccc2O)c2cc(C3=CNC=CC=C3)ccc2-c2ccc3ccccc3c21.C=C.C=C\C=C/C(=C\C=C\Cc1ccccc1)c1ccccc1. The largest absolute Gasteiger partial charge is 0.508 e. The standard InChI is InChI=1S/C35H29NO.C21H20.C2H4/c1-2-3-4-10-21-35(31-15-7-8-16-33(31)37)32-23-26(27-13-9-11-22-36-24-27)18-19-29(32)30-20-17-25-12-5-6-14-28(25)34(30)35;1-2-3-15-20(21-16-8-5-9-17-21)18-11-10-14-19-12-6-4-7-13-19;1-2/h2-20,22-24,36-37H,21H2,1H3;2-13,15-18H,1,14H2;1-2H2/b3-2-,10-4-;11-10+,15-3-,20-18+;. The molecular weight excluding hydrogens is 727 g/mol. The number of rotatable bonds is 11. The van der Waals surface area contributed by atoms with Crippen molar-refractivity contribution in [3.63, 3.8) is 0 Å². The van der Waals surface area contributed by atoms with Gasteiger partial charge in [-0.05, 0) is 98.8 Å². The van der Waals surface area contributed by atoms with E-state index in [-0.39, 0.29) is 0 Å². The molecule has 8 rings (SSSR count). The summed E-state index contributed by atoms with van der Waals surface area (Å²) < 4.78 is 0. The minimum Gasteiger partial charge on any atom is -0.508 e. The van der Waals surface area contributed by atoms with Gasteiger partial charge >= 0.3 is 0 Å². The maximum absolute atomic E-state index is 11.3. The Morgan fingerprint density at radius 1 is 0.700 bits per heavy atom. The predicted octanol–water partition coefficient (Wildman–Crippen LogP) is 14.8. The number of phenols is 1. The maximum Gasteiger partial charge on any atom is 0.120 e. The number of hydrogen-bond acceptors (Lipinski definition) is 2. The van der Waals surface area contributed by atoms with Crippen LogP contribution in [0.4, 0.5) is 0 Å². The molecule has 6 aromatic rings. The molecule has 1 unspecified atom stereocenters. The minimum absolute atomic E-state index is 0.318. The number of aromatic hydroxyl groups is 1. The fraction of sp³-hybridized carbons (Fsp3) is 0.0690. The lowest BCUT2D eigenvalue weighted by Gasteiger charge is -2.33. The van der Waals surface area contributed by atoms with Crippen molar-refractivity contribution in [3.05, 3.63) is 284 Å². The number of fused-ring (bicyclic) bond motifs is 5. The van der Waals surface area contributed by atoms with Gasteiger partial charge in [0, 0.05) is 18.0 Å². The van der Waals surface area contributed by atoms with Gasteiger partial charge in [0.2, 0.25) is 0 Å². The van der Waals surface area contributed by atoms with E-state index in [1.807, 2.05) is 67.9 Å². The van der Waals surface area contributed by atoms with Gasteiger partial charge in [-0.2, -0.15) is 0 Å². The maximum atomic E-state index is 11.3. The molecule has 2 nitrogen and oxygen atoms in total. The Kier molecular flexibility index (Phi) is 15.0. The molecule has 296 valence electrons. The Balaban J connectivity index is 0.000000224. The average molecular weight is 780 g/mol. The van der Waals surface area contributed by atoms with Crippen LogP contribution in [0.2, 0.25) is 0 Å². The van der Waals surface area contributed by atoms with Crippen molar-refractivity contribution < 1.29 is 5.11 Å². The molecule has 0 saturated carbocycles. The summed E-state index contributed by atoms with van der Waals surface area (Å²) in [6.45, 7) is 11.8. The van der Waals surface area contributed by atoms with E-state index >= 15 is 0 Å². The lowest BCUT2D eigenvalue weighted by atomic mass is 9.68. The summed E-state index contributed by atoms with van der Waals surface area (Å²) in [5.74, 6) is 0.318. The Bertz CT molecular complexity index is 2630. The molecule has 2 aliphatic rings. The molecule has 0 aromatic heterocycles. The van der Waals surface area contributed by atoms with E-state index in [4.69, 9.17) is 0 Å². The molecule has 6 aromatic carbocycles. The van der Waals surface area contributed by atoms with Gasteiger partial charge in [0.15, 0.2) is 0 Å². The number of hydrogen-bond donors (Lipinski definition) is 2. The minimum atomic E-state index is -0.550. The van der Waals surface area contributed by atoms with Gasteiger partial charge in [0.1, 0.15) is 5.75 Å². The van der Waals surface area contributed by atoms with Crippen LogP contribution in [0.15, 0.2) is 251 Å². The van der Waals surface area contributed by atoms with Crippen LogP contribution in [-0.2, 0) is 11.8 Å². The highest BCUT2D eigenvalue weighted by Crippen LogP contribution is 2.58. The van der Waals surface area contributed by atoms with Crippen molar-refractivity contribution in [2.24, 2.45) is 0 Å². The first-order valence-electron chi connectivity index (χ1n) is 20.4. The first kappa shape index (κ1) is 42.2. The van der Waals surface area contributed by atoms with Crippen molar-refractivity contribution in [3.8, 4) is 16.9 Å². The lowest BCUT2D eigenvalue weighted by molar-refractivity contribution is 0.454. The smallest absolute Gasteiger partial charge is 0.120 e. The molecule has 1 aliphatic heterocycles. The average Bonchev–Trinajstić information content (AvgIpc) is 3.41. The first-order chi connectivity index (χ1) is 29.6. The second-order valence-electron chi connectivity index (χ2n) is 14.2. The van der Waals surface area contributed by atoms with Crippen molar-refractivity contribution in [1.82, 2.24) is 5.32 Å². The second kappa shape index (κ2) is 21.4. The van der Waals surface area contributed by atoms with Crippen LogP contribution in [0.3, 0.4) is 0 Å². The van der Waals surface area contributed by atoms with Crippen LogP contribution < -0.4 is 5.32 Å². The van der Waals surface area contributed by atoms with Gasteiger partial charge in [-0.25, -0.2) is 0 Å². The zero-order valence-corrected chi connectivity index (χ0v) is 34.4. The van der Waals surface area contributed by atoms with E-state index in [0.29, 0.717) is 5.75 Å². The highest BCUT2D eigenvalue weighted by molar-refractivity contribution is 5.99. The number of allylic oxidation sites excluding steroid dienone is 15. The van der Waals surface area contributed by atoms with Gasteiger partial charge in [0.25, 0.3) is 0 Å². The van der Waals surface area contributed by atoms with Gasteiger partial charge in [-0.3, -0.25) is 0 Å². The summed E-state index contributed by atoms with van der Waals surface area (Å²) >= 11 is 0. The monoisotopic (exact) mass is 779 g/mol. The quantitative estimate of drug-likeness (QED) is 0.101. The Hall–Kier alpha value is -7.42. The summed E-state index contributed by atoms with van der Waals surface area (Å²) in [5.41, 5.74) is 11.3. The van der Waals surface area contributed by atoms with Crippen molar-refractivity contribution in [1.29, 1.82) is 0 Å². The number of benzene rings is 6. The number of nitrogens with one attached hydrogen (secondary N) is 1. The van der Waals surface area contributed by atoms with Crippen LogP contribution in [0, 0.1) is 0 Å². The van der Waals surface area contributed by atoms with Crippen LogP contribution in [0.25, 0.3) is 33.0 Å². The summed E-state index contributed by atoms with van der Waals surface area (Å²) in [5, 5.41) is 17.0. The normalized spacial score (nSPS) is 15.5. The van der Waals surface area contributed by atoms with Gasteiger partial charge in [-0.15, -0.1) is 13.2 Å². The Labute approximate surface area is 357 Å². The third-order valence-electron chi connectivity index (χ3n) is 10.6. The van der Waals surface area contributed by atoms with Crippen molar-refractivity contribution in [2.75, 3.05) is 0 Å². The van der Waals surface area contributed by atoms with Crippen LogP contribution in [-0.4, -0.2) is 5.11 Å². The zero-order chi connectivity index (χ0) is 42.0. The lowest BCUT2D eigenvalue weighted by Crippen LogP contribution is -2.27. The molecule has 2 heteroatoms. The van der Waals surface area contributed by atoms with Crippen molar-refractivity contribution >= 4 is 21.9 Å². The molecular formula is C58H53NO. The van der Waals surface area contributed by atoms with Gasteiger partial charge in [-0.1, -0.05) is 207 Å². The van der Waals surface area contributed by atoms with E-state index in [1.165, 1.54) is 49.7 Å². The zero-order valence-electron chi connectivity index (χ0n) is 34.4. The second-order valence-corrected chi connectivity index (χ2v) is 14.2. The van der Waals surface area contributed by atoms with E-state index < -0.39 is 5.41 Å². The molecule has 0 amide bonds. The van der Waals surface area contributed by atoms with Crippen LogP contribution >= 0.6 is 0 Å². The highest BCUT2D eigenvalue weighted by atomic mass is 16.3. The van der Waals surface area contributed by atoms with Crippen LogP contribution in [0.5, 0.6) is 5.75 Å². The van der Waals surface area contributed by atoms with E-state index in [9.17, 15) is 5.11 Å². The topological polar surface area (TPSA) is 32.3 Å².